The number of carbonyl (C=O) groups excluding carboxylic acids is 3. The van der Waals surface area contributed by atoms with Crippen molar-refractivity contribution in [2.24, 2.45) is 11.1 Å². The second-order valence-corrected chi connectivity index (χ2v) is 15.0. The number of halogens is 1. The number of carboxylic acids is 1. The Morgan fingerprint density at radius 3 is 2.57 bits per heavy atom. The Kier molecular flexibility index (Phi) is 10.9. The molecule has 3 aliphatic rings. The second kappa shape index (κ2) is 15.3. The van der Waals surface area contributed by atoms with Crippen LogP contribution in [0.2, 0.25) is 5.02 Å². The van der Waals surface area contributed by atoms with Crippen LogP contribution in [0.15, 0.2) is 64.3 Å². The van der Waals surface area contributed by atoms with Gasteiger partial charge in [0.15, 0.2) is 28.1 Å². The van der Waals surface area contributed by atoms with Gasteiger partial charge in [-0.15, -0.1) is 23.1 Å². The highest BCUT2D eigenvalue weighted by Crippen LogP contribution is 2.46. The number of β-lactam (4-membered cyclic amide) rings is 1. The van der Waals surface area contributed by atoms with Gasteiger partial charge in [-0.25, -0.2) is 9.78 Å². The molecule has 6 N–H and O–H groups in total. The number of thiazole rings is 1. The van der Waals surface area contributed by atoms with Gasteiger partial charge in [0.1, 0.15) is 24.5 Å². The van der Waals surface area contributed by atoms with Crippen LogP contribution in [0.3, 0.4) is 0 Å². The molecular weight excluding hydrogens is 720 g/mol. The average molecular weight is 756 g/mol. The van der Waals surface area contributed by atoms with E-state index in [1.807, 2.05) is 30.3 Å². The minimum Gasteiger partial charge on any atom is -0.504 e. The highest BCUT2D eigenvalue weighted by atomic mass is 35.5. The molecule has 14 nitrogen and oxygen atoms in total. The summed E-state index contributed by atoms with van der Waals surface area (Å²) in [6.45, 7) is 2.78. The largest absolute Gasteiger partial charge is 0.504 e. The first kappa shape index (κ1) is 36.2. The molecule has 2 fully saturated rings. The molecule has 0 unspecified atom stereocenters. The average Bonchev–Trinajstić information content (AvgIpc) is 3.76. The summed E-state index contributed by atoms with van der Waals surface area (Å²) in [5.41, 5.74) is 7.44. The third kappa shape index (κ3) is 7.68. The molecule has 2 amide bonds. The third-order valence-corrected chi connectivity index (χ3v) is 11.7. The Balaban J connectivity index is 1.13. The van der Waals surface area contributed by atoms with Crippen LogP contribution in [0.25, 0.3) is 0 Å². The first-order valence-electron chi connectivity index (χ1n) is 16.2. The molecule has 2 atom stereocenters. The zero-order valence-electron chi connectivity index (χ0n) is 27.3. The minimum absolute atomic E-state index is 0.0173. The molecule has 0 bridgehead atoms. The molecule has 0 saturated carbocycles. The zero-order valence-corrected chi connectivity index (χ0v) is 29.7. The van der Waals surface area contributed by atoms with Crippen LogP contribution in [-0.4, -0.2) is 103 Å². The maximum absolute atomic E-state index is 13.6. The van der Waals surface area contributed by atoms with Crippen LogP contribution < -0.4 is 11.1 Å². The lowest BCUT2D eigenvalue weighted by Gasteiger charge is -2.50. The molecule has 0 radical (unpaired) electrons. The van der Waals surface area contributed by atoms with Gasteiger partial charge in [0.05, 0.1) is 48.1 Å². The number of amides is 2. The summed E-state index contributed by atoms with van der Waals surface area (Å²) >= 11 is 8.63. The number of likely N-dealkylation sites (tertiary alicyclic amines) is 1. The lowest BCUT2D eigenvalue weighted by atomic mass is 9.89. The molecule has 268 valence electrons. The topological polar surface area (TPSA) is 205 Å². The number of hydrogen-bond acceptors (Lipinski definition) is 12. The quantitative estimate of drug-likeness (QED) is 0.0529. The molecule has 51 heavy (non-hydrogen) atoms. The van der Waals surface area contributed by atoms with Crippen LogP contribution in [0.5, 0.6) is 11.5 Å². The Morgan fingerprint density at radius 1 is 1.14 bits per heavy atom. The maximum atomic E-state index is 13.6. The highest BCUT2D eigenvalue weighted by molar-refractivity contribution is 8.00. The Labute approximate surface area is 306 Å². The zero-order chi connectivity index (χ0) is 36.3. The van der Waals surface area contributed by atoms with Crippen LogP contribution >= 0.6 is 34.7 Å². The number of phenolic OH excluding ortho intramolecular Hbond substituents is 2. The van der Waals surface area contributed by atoms with E-state index < -0.39 is 46.4 Å². The van der Waals surface area contributed by atoms with E-state index in [4.69, 9.17) is 22.2 Å². The number of nitrogens with one attached hydrogen (secondary N) is 1. The molecule has 1 aromatic heterocycles. The molecule has 3 aliphatic heterocycles. The van der Waals surface area contributed by atoms with Gasteiger partial charge >= 0.3 is 5.97 Å². The lowest BCUT2D eigenvalue weighted by molar-refractivity contribution is -0.911. The molecule has 0 aliphatic carbocycles. The number of carbonyl (C=O) groups is 4. The number of nitrogens with zero attached hydrogens (tertiary/aromatic N) is 4. The standard InChI is InChI=1S/C34H35ClN6O8S2/c35-26-21(8-9-24(42)29(26)44)30(45)37-10-13-41(11-4-5-12-41)15-20-17-50-32-22(31(46)40(32)28(20)33(47)48)14-25(43)27(23-18-51-34(36)38-23)39-49-16-19-6-2-1-3-7-19/h1-3,6-9,18,22,32H,4-5,10-17H2,(H5-,36,37,38,39,42,43,44,45,47,48)/p+1/t22-,32-/m1/s1. The van der Waals surface area contributed by atoms with E-state index in [1.54, 1.807) is 5.38 Å². The molecule has 3 aromatic rings. The number of nitrogens with two attached hydrogens (primary N) is 1. The number of Topliss-reactive ketones (excluding diaryl/α,β-unsaturated/α-hetero) is 1. The van der Waals surface area contributed by atoms with Crippen molar-refractivity contribution in [2.45, 2.75) is 31.2 Å². The lowest BCUT2D eigenvalue weighted by Crippen LogP contribution is -2.63. The van der Waals surface area contributed by atoms with E-state index in [0.29, 0.717) is 28.9 Å². The van der Waals surface area contributed by atoms with Gasteiger partial charge in [-0.3, -0.25) is 19.3 Å². The van der Waals surface area contributed by atoms with Gasteiger partial charge in [-0.2, -0.15) is 0 Å². The van der Waals surface area contributed by atoms with E-state index >= 15 is 0 Å². The summed E-state index contributed by atoms with van der Waals surface area (Å²) in [6, 6.07) is 11.8. The van der Waals surface area contributed by atoms with Crippen LogP contribution in [0, 0.1) is 5.92 Å². The maximum Gasteiger partial charge on any atom is 0.352 e. The number of aliphatic carboxylic acids is 1. The van der Waals surface area contributed by atoms with Gasteiger partial charge in [-0.1, -0.05) is 47.1 Å². The summed E-state index contributed by atoms with van der Waals surface area (Å²) in [5, 5.41) is 37.8. The van der Waals surface area contributed by atoms with Crippen LogP contribution in [0.4, 0.5) is 5.13 Å². The van der Waals surface area contributed by atoms with Gasteiger partial charge in [0, 0.05) is 36.0 Å². The number of carboxylic acid groups (broad SMARTS) is 1. The number of quaternary nitrogens is 1. The molecule has 0 spiro atoms. The number of phenols is 2. The SMILES string of the molecule is Nc1nc(/C(=N/OCc2ccccc2)C(=O)C[C@@H]2C(=O)N3C(C(=O)O)=C(C[N+]4(CCNC(=O)c5ccc(O)c(O)c5Cl)CCCC4)CS[C@H]23)cs1. The first-order chi connectivity index (χ1) is 24.5. The van der Waals surface area contributed by atoms with Crippen LogP contribution in [-0.2, 0) is 25.8 Å². The third-order valence-electron chi connectivity index (χ3n) is 9.28. The number of thioether (sulfide) groups is 1. The number of ketones is 1. The van der Waals surface area contributed by atoms with E-state index in [1.165, 1.54) is 28.8 Å². The normalized spacial score (nSPS) is 19.7. The Morgan fingerprint density at radius 2 is 1.88 bits per heavy atom. The number of rotatable bonds is 14. The van der Waals surface area contributed by atoms with E-state index in [0.717, 1.165) is 42.8 Å². The van der Waals surface area contributed by atoms with E-state index in [9.17, 15) is 34.5 Å². The molecule has 2 aromatic carbocycles. The van der Waals surface area contributed by atoms with Gasteiger partial charge in [0.25, 0.3) is 5.91 Å². The monoisotopic (exact) mass is 755 g/mol. The summed E-state index contributed by atoms with van der Waals surface area (Å²) in [4.78, 5) is 63.7. The van der Waals surface area contributed by atoms with Crippen molar-refractivity contribution in [1.82, 2.24) is 15.2 Å². The molecular formula is C34H36ClN6O8S2+. The number of hydrogen-bond donors (Lipinski definition) is 5. The van der Waals surface area contributed by atoms with Crippen molar-refractivity contribution in [1.29, 1.82) is 0 Å². The van der Waals surface area contributed by atoms with Gasteiger partial charge < -0.3 is 35.7 Å². The van der Waals surface area contributed by atoms with Crippen molar-refractivity contribution in [2.75, 3.05) is 44.2 Å². The summed E-state index contributed by atoms with van der Waals surface area (Å²) in [5.74, 6) is -4.06. The Hall–Kier alpha value is -4.64. The number of aromatic hydroxyl groups is 2. The number of fused-ring (bicyclic) bond motifs is 1. The fourth-order valence-electron chi connectivity index (χ4n) is 6.72. The molecule has 17 heteroatoms. The fraction of sp³-hybridized carbons (Fsp3) is 0.353. The number of anilines is 1. The predicted molar refractivity (Wildman–Crippen MR) is 191 cm³/mol. The van der Waals surface area contributed by atoms with Gasteiger partial charge in [0.2, 0.25) is 5.91 Å². The highest BCUT2D eigenvalue weighted by Gasteiger charge is 2.55. The van der Waals surface area contributed by atoms with Crippen molar-refractivity contribution in [3.8, 4) is 11.5 Å². The number of oxime groups is 1. The van der Waals surface area contributed by atoms with Gasteiger partial charge in [-0.05, 0) is 17.7 Å². The van der Waals surface area contributed by atoms with Crippen LogP contribution in [0.1, 0.15) is 40.9 Å². The second-order valence-electron chi connectivity index (χ2n) is 12.6. The molecule has 2 saturated heterocycles. The summed E-state index contributed by atoms with van der Waals surface area (Å²) in [6.07, 6.45) is 1.64. The van der Waals surface area contributed by atoms with Crippen molar-refractivity contribution < 1.29 is 43.8 Å². The summed E-state index contributed by atoms with van der Waals surface area (Å²) < 4.78 is 0.524. The minimum atomic E-state index is -1.21. The van der Waals surface area contributed by atoms with Crippen molar-refractivity contribution in [3.05, 3.63) is 81.0 Å². The van der Waals surface area contributed by atoms with Crippen molar-refractivity contribution in [3.63, 3.8) is 0 Å². The molecule has 6 rings (SSSR count). The first-order valence-corrected chi connectivity index (χ1v) is 18.5. The fourth-order valence-corrected chi connectivity index (χ4v) is 8.92. The number of benzene rings is 2. The summed E-state index contributed by atoms with van der Waals surface area (Å²) in [7, 11) is 0. The smallest absolute Gasteiger partial charge is 0.352 e. The van der Waals surface area contributed by atoms with E-state index in [-0.39, 0.29) is 52.4 Å². The predicted octanol–water partition coefficient (Wildman–Crippen LogP) is 3.58. The Bertz CT molecular complexity index is 1910. The van der Waals surface area contributed by atoms with Crippen molar-refractivity contribution >= 4 is 69.1 Å². The number of nitrogen functional groups attached to an aromatic ring is 1. The molecule has 4 heterocycles. The van der Waals surface area contributed by atoms with E-state index in [2.05, 4.69) is 15.5 Å². The number of aromatic nitrogens is 1.